The van der Waals surface area contributed by atoms with Gasteiger partial charge in [0.2, 0.25) is 0 Å². The van der Waals surface area contributed by atoms with Gasteiger partial charge in [0.05, 0.1) is 0 Å². The van der Waals surface area contributed by atoms with Crippen LogP contribution in [0, 0.1) is 17.3 Å². The van der Waals surface area contributed by atoms with Crippen molar-refractivity contribution in [2.45, 2.75) is 39.5 Å². The van der Waals surface area contributed by atoms with Crippen molar-refractivity contribution in [1.82, 2.24) is 0 Å². The lowest BCUT2D eigenvalue weighted by atomic mass is 9.90. The second-order valence-corrected chi connectivity index (χ2v) is 3.97. The number of hydrogen-bond donors (Lipinski definition) is 0. The van der Waals surface area contributed by atoms with Crippen molar-refractivity contribution in [3.8, 4) is 0 Å². The minimum atomic E-state index is 0.861. The first-order valence-electron chi connectivity index (χ1n) is 4.29. The Morgan fingerprint density at radius 1 is 1.44 bits per heavy atom. The van der Waals surface area contributed by atoms with Crippen LogP contribution >= 0.6 is 0 Å². The average Bonchev–Trinajstić information content (AvgIpc) is 2.52. The maximum absolute atomic E-state index is 2.44. The zero-order valence-electron chi connectivity index (χ0n) is 6.48. The monoisotopic (exact) mass is 124 g/mol. The molecule has 52 valence electrons. The van der Waals surface area contributed by atoms with E-state index in [2.05, 4.69) is 13.8 Å². The zero-order valence-corrected chi connectivity index (χ0v) is 6.48. The van der Waals surface area contributed by atoms with Crippen molar-refractivity contribution in [3.05, 3.63) is 0 Å². The molecule has 0 N–H and O–H groups in total. The SMILES string of the molecule is CC[C@@]12CC1CCC2C. The second kappa shape index (κ2) is 1.53. The molecule has 0 spiro atoms. The smallest absolute Gasteiger partial charge is 0.0243 e. The van der Waals surface area contributed by atoms with Crippen molar-refractivity contribution in [1.29, 1.82) is 0 Å². The summed E-state index contributed by atoms with van der Waals surface area (Å²) >= 11 is 0. The Balaban J connectivity index is 2.14. The first-order chi connectivity index (χ1) is 4.29. The van der Waals surface area contributed by atoms with Gasteiger partial charge in [-0.1, -0.05) is 13.8 Å². The van der Waals surface area contributed by atoms with E-state index >= 15 is 0 Å². The fourth-order valence-corrected chi connectivity index (χ4v) is 2.91. The van der Waals surface area contributed by atoms with Gasteiger partial charge >= 0.3 is 0 Å². The van der Waals surface area contributed by atoms with Crippen LogP contribution in [0.1, 0.15) is 39.5 Å². The highest BCUT2D eigenvalue weighted by atomic mass is 14.6. The average molecular weight is 124 g/mol. The molecule has 2 rings (SSSR count). The van der Waals surface area contributed by atoms with Crippen LogP contribution in [-0.2, 0) is 0 Å². The van der Waals surface area contributed by atoms with E-state index in [9.17, 15) is 0 Å². The van der Waals surface area contributed by atoms with E-state index in [1.165, 1.54) is 19.3 Å². The van der Waals surface area contributed by atoms with E-state index in [1.54, 1.807) is 6.42 Å². The van der Waals surface area contributed by atoms with E-state index in [0.29, 0.717) is 0 Å². The van der Waals surface area contributed by atoms with Gasteiger partial charge in [-0.3, -0.25) is 0 Å². The zero-order chi connectivity index (χ0) is 6.48. The summed E-state index contributed by atoms with van der Waals surface area (Å²) in [6, 6.07) is 0. The standard InChI is InChI=1S/C9H16/c1-3-9-6-8(9)5-4-7(9)2/h7-8H,3-6H2,1-2H3/t7?,8?,9-/m0/s1. The van der Waals surface area contributed by atoms with Gasteiger partial charge in [-0.15, -0.1) is 0 Å². The molecule has 0 radical (unpaired) electrons. The van der Waals surface area contributed by atoms with Crippen molar-refractivity contribution < 1.29 is 0 Å². The van der Waals surface area contributed by atoms with Gasteiger partial charge < -0.3 is 0 Å². The van der Waals surface area contributed by atoms with Crippen LogP contribution in [0.4, 0.5) is 0 Å². The van der Waals surface area contributed by atoms with E-state index in [1.807, 2.05) is 0 Å². The van der Waals surface area contributed by atoms with E-state index in [0.717, 1.165) is 17.3 Å². The van der Waals surface area contributed by atoms with Crippen LogP contribution < -0.4 is 0 Å². The van der Waals surface area contributed by atoms with Gasteiger partial charge in [0.25, 0.3) is 0 Å². The molecule has 0 heteroatoms. The Morgan fingerprint density at radius 2 is 2.22 bits per heavy atom. The topological polar surface area (TPSA) is 0 Å². The van der Waals surface area contributed by atoms with Gasteiger partial charge in [0.15, 0.2) is 0 Å². The summed E-state index contributed by atoms with van der Waals surface area (Å²) in [6.45, 7) is 4.80. The summed E-state index contributed by atoms with van der Waals surface area (Å²) in [7, 11) is 0. The minimum Gasteiger partial charge on any atom is -0.0648 e. The third-order valence-electron chi connectivity index (χ3n) is 3.87. The molecule has 2 unspecified atom stereocenters. The summed E-state index contributed by atoms with van der Waals surface area (Å²) in [5, 5.41) is 0. The quantitative estimate of drug-likeness (QED) is 0.504. The van der Waals surface area contributed by atoms with Crippen LogP contribution in [0.3, 0.4) is 0 Å². The normalized spacial score (nSPS) is 55.3. The molecule has 0 aromatic rings. The molecule has 0 bridgehead atoms. The number of fused-ring (bicyclic) bond motifs is 1. The predicted molar refractivity (Wildman–Crippen MR) is 39.2 cm³/mol. The van der Waals surface area contributed by atoms with Gasteiger partial charge in [-0.2, -0.15) is 0 Å². The maximum atomic E-state index is 2.44. The molecule has 2 saturated carbocycles. The van der Waals surface area contributed by atoms with Crippen molar-refractivity contribution in [2.75, 3.05) is 0 Å². The summed E-state index contributed by atoms with van der Waals surface area (Å²) < 4.78 is 0. The molecule has 3 atom stereocenters. The van der Waals surface area contributed by atoms with E-state index in [4.69, 9.17) is 0 Å². The molecule has 0 nitrogen and oxygen atoms in total. The highest BCUT2D eigenvalue weighted by Gasteiger charge is 2.59. The van der Waals surface area contributed by atoms with Crippen LogP contribution in [0.25, 0.3) is 0 Å². The van der Waals surface area contributed by atoms with Crippen molar-refractivity contribution in [2.24, 2.45) is 17.3 Å². The van der Waals surface area contributed by atoms with Gasteiger partial charge in [0.1, 0.15) is 0 Å². The van der Waals surface area contributed by atoms with Crippen molar-refractivity contribution >= 4 is 0 Å². The van der Waals surface area contributed by atoms with Gasteiger partial charge in [-0.05, 0) is 42.9 Å². The first-order valence-corrected chi connectivity index (χ1v) is 4.29. The largest absolute Gasteiger partial charge is 0.0648 e. The Hall–Kier alpha value is 0. The first kappa shape index (κ1) is 5.76. The summed E-state index contributed by atoms with van der Waals surface area (Å²) in [6.07, 6.45) is 6.05. The van der Waals surface area contributed by atoms with Crippen LogP contribution in [0.2, 0.25) is 0 Å². The van der Waals surface area contributed by atoms with Crippen LogP contribution in [0.15, 0.2) is 0 Å². The summed E-state index contributed by atoms with van der Waals surface area (Å²) in [5.41, 5.74) is 0.861. The highest BCUT2D eigenvalue weighted by molar-refractivity contribution is 5.08. The molecular weight excluding hydrogens is 108 g/mol. The Labute approximate surface area is 57.6 Å². The van der Waals surface area contributed by atoms with Gasteiger partial charge in [-0.25, -0.2) is 0 Å². The lowest BCUT2D eigenvalue weighted by molar-refractivity contribution is 0.343. The third-order valence-corrected chi connectivity index (χ3v) is 3.87. The molecule has 0 aromatic heterocycles. The molecule has 0 saturated heterocycles. The molecule has 0 amide bonds. The number of hydrogen-bond acceptors (Lipinski definition) is 0. The molecule has 0 aromatic carbocycles. The fourth-order valence-electron chi connectivity index (χ4n) is 2.91. The van der Waals surface area contributed by atoms with Crippen LogP contribution in [0.5, 0.6) is 0 Å². The predicted octanol–water partition coefficient (Wildman–Crippen LogP) is 2.83. The molecule has 2 aliphatic rings. The van der Waals surface area contributed by atoms with Crippen LogP contribution in [-0.4, -0.2) is 0 Å². The molecule has 0 heterocycles. The third kappa shape index (κ3) is 0.544. The Bertz CT molecular complexity index is 124. The molecule has 2 fully saturated rings. The Kier molecular flexibility index (Phi) is 0.980. The minimum absolute atomic E-state index is 0.861. The van der Waals surface area contributed by atoms with Crippen molar-refractivity contribution in [3.63, 3.8) is 0 Å². The fraction of sp³-hybridized carbons (Fsp3) is 1.00. The molecule has 2 aliphatic carbocycles. The highest BCUT2D eigenvalue weighted by Crippen LogP contribution is 2.68. The molecule has 9 heavy (non-hydrogen) atoms. The van der Waals surface area contributed by atoms with E-state index in [-0.39, 0.29) is 0 Å². The Morgan fingerprint density at radius 3 is 2.44 bits per heavy atom. The summed E-state index contributed by atoms with van der Waals surface area (Å²) in [5.74, 6) is 2.20. The maximum Gasteiger partial charge on any atom is -0.0243 e. The second-order valence-electron chi connectivity index (χ2n) is 3.97. The molecular formula is C9H16. The number of rotatable bonds is 1. The summed E-state index contributed by atoms with van der Waals surface area (Å²) in [4.78, 5) is 0. The lowest BCUT2D eigenvalue weighted by Crippen LogP contribution is -2.07. The molecule has 0 aliphatic heterocycles. The van der Waals surface area contributed by atoms with E-state index < -0.39 is 0 Å². The lowest BCUT2D eigenvalue weighted by Gasteiger charge is -2.15. The van der Waals surface area contributed by atoms with Gasteiger partial charge in [0, 0.05) is 0 Å².